The van der Waals surface area contributed by atoms with E-state index in [1.54, 1.807) is 0 Å². The second-order valence-corrected chi connectivity index (χ2v) is 5.57. The summed E-state index contributed by atoms with van der Waals surface area (Å²) in [6.07, 6.45) is 7.95. The summed E-state index contributed by atoms with van der Waals surface area (Å²) in [5.41, 5.74) is 2.79. The minimum absolute atomic E-state index is 0.667. The van der Waals surface area contributed by atoms with Crippen LogP contribution >= 0.6 is 0 Å². The Morgan fingerprint density at radius 2 is 2.00 bits per heavy atom. The van der Waals surface area contributed by atoms with Gasteiger partial charge in [0.25, 0.3) is 0 Å². The van der Waals surface area contributed by atoms with Crippen LogP contribution in [0.25, 0.3) is 0 Å². The fraction of sp³-hybridized carbons (Fsp3) is 0.412. The summed E-state index contributed by atoms with van der Waals surface area (Å²) >= 11 is 0. The molecule has 1 aromatic rings. The van der Waals surface area contributed by atoms with Crippen molar-refractivity contribution in [3.63, 3.8) is 0 Å². The average molecular weight is 269 g/mol. The molecule has 0 amide bonds. The SMILES string of the molecule is CNC1CN(C2=CCN(CCc3ccccc3)C=C2)C1. The molecule has 1 saturated heterocycles. The van der Waals surface area contributed by atoms with Crippen LogP contribution in [-0.4, -0.2) is 49.1 Å². The molecule has 3 heteroatoms. The first kappa shape index (κ1) is 13.3. The number of nitrogens with one attached hydrogen (secondary N) is 1. The van der Waals surface area contributed by atoms with Crippen molar-refractivity contribution in [2.45, 2.75) is 12.5 Å². The number of rotatable bonds is 5. The maximum atomic E-state index is 3.31. The van der Waals surface area contributed by atoms with E-state index in [1.807, 2.05) is 7.05 Å². The Balaban J connectivity index is 1.45. The van der Waals surface area contributed by atoms with Gasteiger partial charge in [-0.05, 0) is 31.2 Å². The van der Waals surface area contributed by atoms with Crippen molar-refractivity contribution >= 4 is 0 Å². The van der Waals surface area contributed by atoms with Crippen molar-refractivity contribution in [3.05, 3.63) is 59.9 Å². The van der Waals surface area contributed by atoms with Gasteiger partial charge in [-0.1, -0.05) is 30.3 Å². The summed E-state index contributed by atoms with van der Waals surface area (Å²) in [6, 6.07) is 11.4. The monoisotopic (exact) mass is 269 g/mol. The zero-order valence-corrected chi connectivity index (χ0v) is 12.1. The van der Waals surface area contributed by atoms with Gasteiger partial charge in [0.05, 0.1) is 0 Å². The van der Waals surface area contributed by atoms with Crippen LogP contribution in [0.2, 0.25) is 0 Å². The van der Waals surface area contributed by atoms with Gasteiger partial charge in [-0.2, -0.15) is 0 Å². The van der Waals surface area contributed by atoms with E-state index in [-0.39, 0.29) is 0 Å². The van der Waals surface area contributed by atoms with E-state index in [1.165, 1.54) is 11.3 Å². The van der Waals surface area contributed by atoms with Gasteiger partial charge in [-0.15, -0.1) is 0 Å². The van der Waals surface area contributed by atoms with Gasteiger partial charge in [0.2, 0.25) is 0 Å². The number of hydrogen-bond acceptors (Lipinski definition) is 3. The van der Waals surface area contributed by atoms with E-state index in [2.05, 4.69) is 63.8 Å². The Kier molecular flexibility index (Phi) is 4.07. The molecule has 0 aromatic heterocycles. The Morgan fingerprint density at radius 1 is 1.20 bits per heavy atom. The van der Waals surface area contributed by atoms with Crippen LogP contribution in [0, 0.1) is 0 Å². The lowest BCUT2D eigenvalue weighted by molar-refractivity contribution is 0.180. The molecule has 0 radical (unpaired) electrons. The highest BCUT2D eigenvalue weighted by Crippen LogP contribution is 2.19. The van der Waals surface area contributed by atoms with Crippen LogP contribution in [0.15, 0.2) is 54.4 Å². The largest absolute Gasteiger partial charge is 0.373 e. The van der Waals surface area contributed by atoms with Crippen molar-refractivity contribution < 1.29 is 0 Å². The third-order valence-electron chi connectivity index (χ3n) is 4.18. The molecule has 0 aliphatic carbocycles. The minimum Gasteiger partial charge on any atom is -0.373 e. The molecule has 1 fully saturated rings. The summed E-state index contributed by atoms with van der Waals surface area (Å²) < 4.78 is 0. The van der Waals surface area contributed by atoms with Crippen LogP contribution in [0.1, 0.15) is 5.56 Å². The standard InChI is InChI=1S/C17H23N3/c1-18-16-13-20(14-16)17-8-11-19(12-9-17)10-7-15-5-3-2-4-6-15/h2-6,8-9,11,16,18H,7,10,12-14H2,1H3. The summed E-state index contributed by atoms with van der Waals surface area (Å²) in [7, 11) is 2.04. The third kappa shape index (κ3) is 3.05. The Labute approximate surface area is 121 Å². The zero-order valence-electron chi connectivity index (χ0n) is 12.1. The van der Waals surface area contributed by atoms with E-state index in [9.17, 15) is 0 Å². The lowest BCUT2D eigenvalue weighted by Gasteiger charge is -2.42. The average Bonchev–Trinajstić information content (AvgIpc) is 2.46. The third-order valence-corrected chi connectivity index (χ3v) is 4.18. The summed E-state index contributed by atoms with van der Waals surface area (Å²) in [5, 5.41) is 3.31. The summed E-state index contributed by atoms with van der Waals surface area (Å²) in [5.74, 6) is 0. The maximum absolute atomic E-state index is 3.31. The van der Waals surface area contributed by atoms with E-state index in [0.29, 0.717) is 6.04 Å². The number of likely N-dealkylation sites (N-methyl/N-ethyl adjacent to an activating group) is 1. The molecule has 0 unspecified atom stereocenters. The number of hydrogen-bond donors (Lipinski definition) is 1. The predicted molar refractivity (Wildman–Crippen MR) is 83.4 cm³/mol. The quantitative estimate of drug-likeness (QED) is 0.880. The van der Waals surface area contributed by atoms with E-state index in [0.717, 1.165) is 32.6 Å². The maximum Gasteiger partial charge on any atom is 0.0418 e. The Hall–Kier alpha value is -1.74. The van der Waals surface area contributed by atoms with Gasteiger partial charge >= 0.3 is 0 Å². The molecule has 2 heterocycles. The van der Waals surface area contributed by atoms with E-state index < -0.39 is 0 Å². The second-order valence-electron chi connectivity index (χ2n) is 5.57. The molecule has 0 saturated carbocycles. The van der Waals surface area contributed by atoms with Crippen LogP contribution in [0.5, 0.6) is 0 Å². The molecule has 0 atom stereocenters. The van der Waals surface area contributed by atoms with Crippen molar-refractivity contribution in [1.82, 2.24) is 15.1 Å². The molecule has 2 aliphatic heterocycles. The molecule has 3 rings (SSSR count). The highest BCUT2D eigenvalue weighted by Gasteiger charge is 2.26. The first-order valence-corrected chi connectivity index (χ1v) is 7.44. The van der Waals surface area contributed by atoms with Crippen molar-refractivity contribution in [2.75, 3.05) is 33.2 Å². The van der Waals surface area contributed by atoms with Gasteiger partial charge in [0.15, 0.2) is 0 Å². The molecule has 20 heavy (non-hydrogen) atoms. The van der Waals surface area contributed by atoms with Crippen LogP contribution in [0.3, 0.4) is 0 Å². The van der Waals surface area contributed by atoms with Gasteiger partial charge in [0.1, 0.15) is 0 Å². The zero-order chi connectivity index (χ0) is 13.8. The smallest absolute Gasteiger partial charge is 0.0418 e. The normalized spacial score (nSPS) is 18.9. The molecule has 0 spiro atoms. The second kappa shape index (κ2) is 6.14. The fourth-order valence-electron chi connectivity index (χ4n) is 2.71. The minimum atomic E-state index is 0.667. The van der Waals surface area contributed by atoms with Crippen LogP contribution in [-0.2, 0) is 6.42 Å². The van der Waals surface area contributed by atoms with Gasteiger partial charge in [-0.25, -0.2) is 0 Å². The van der Waals surface area contributed by atoms with E-state index in [4.69, 9.17) is 0 Å². The fourth-order valence-corrected chi connectivity index (χ4v) is 2.71. The molecule has 1 N–H and O–H groups in total. The summed E-state index contributed by atoms with van der Waals surface area (Å²) in [4.78, 5) is 4.82. The molecule has 3 nitrogen and oxygen atoms in total. The molecular formula is C17H23N3. The number of allylic oxidation sites excluding steroid dienone is 1. The molecule has 1 aromatic carbocycles. The number of nitrogens with zero attached hydrogens (tertiary/aromatic N) is 2. The van der Waals surface area contributed by atoms with Gasteiger partial charge < -0.3 is 15.1 Å². The first-order chi connectivity index (χ1) is 9.85. The predicted octanol–water partition coefficient (Wildman–Crippen LogP) is 1.85. The van der Waals surface area contributed by atoms with Crippen LogP contribution < -0.4 is 5.32 Å². The highest BCUT2D eigenvalue weighted by molar-refractivity contribution is 5.24. The number of benzene rings is 1. The van der Waals surface area contributed by atoms with Gasteiger partial charge in [-0.3, -0.25) is 0 Å². The van der Waals surface area contributed by atoms with Crippen molar-refractivity contribution in [1.29, 1.82) is 0 Å². The summed E-state index contributed by atoms with van der Waals surface area (Å²) in [6.45, 7) is 4.39. The van der Waals surface area contributed by atoms with Crippen molar-refractivity contribution in [3.8, 4) is 0 Å². The van der Waals surface area contributed by atoms with Gasteiger partial charge in [0, 0.05) is 44.1 Å². The van der Waals surface area contributed by atoms with Crippen molar-refractivity contribution in [2.24, 2.45) is 0 Å². The molecule has 2 aliphatic rings. The molecular weight excluding hydrogens is 246 g/mol. The lowest BCUT2D eigenvalue weighted by atomic mass is 10.1. The van der Waals surface area contributed by atoms with E-state index >= 15 is 0 Å². The topological polar surface area (TPSA) is 18.5 Å². The molecule has 0 bridgehead atoms. The lowest BCUT2D eigenvalue weighted by Crippen LogP contribution is -2.56. The Bertz CT molecular complexity index is 486. The first-order valence-electron chi connectivity index (χ1n) is 7.44. The Morgan fingerprint density at radius 3 is 2.65 bits per heavy atom. The molecule has 106 valence electrons. The van der Waals surface area contributed by atoms with Crippen LogP contribution in [0.4, 0.5) is 0 Å². The highest BCUT2D eigenvalue weighted by atomic mass is 15.3. The number of likely N-dealkylation sites (tertiary alicyclic amines) is 1.